The average molecular weight is 429 g/mol. The molecule has 4 N–H and O–H groups in total. The summed E-state index contributed by atoms with van der Waals surface area (Å²) in [6.45, 7) is 0.988. The van der Waals surface area contributed by atoms with Gasteiger partial charge in [0.15, 0.2) is 0 Å². The van der Waals surface area contributed by atoms with Crippen LogP contribution < -0.4 is 10.5 Å². The topological polar surface area (TPSA) is 130 Å². The molecule has 2 rings (SSSR count). The van der Waals surface area contributed by atoms with Crippen molar-refractivity contribution in [1.29, 1.82) is 0 Å². The van der Waals surface area contributed by atoms with Gasteiger partial charge in [0.2, 0.25) is 10.0 Å². The van der Waals surface area contributed by atoms with Gasteiger partial charge in [-0.1, -0.05) is 0 Å². The van der Waals surface area contributed by atoms with Gasteiger partial charge in [-0.15, -0.1) is 0 Å². The van der Waals surface area contributed by atoms with Gasteiger partial charge in [-0.2, -0.15) is 13.2 Å². The zero-order chi connectivity index (χ0) is 21.7. The lowest BCUT2D eigenvalue weighted by molar-refractivity contribution is -0.192. The molecular formula is C15H19F4N3O5S. The van der Waals surface area contributed by atoms with Gasteiger partial charge < -0.3 is 15.7 Å². The molecule has 1 aliphatic rings. The first-order valence-corrected chi connectivity index (χ1v) is 9.36. The van der Waals surface area contributed by atoms with Crippen molar-refractivity contribution in [3.63, 3.8) is 0 Å². The van der Waals surface area contributed by atoms with Crippen LogP contribution in [0.4, 0.5) is 17.6 Å². The van der Waals surface area contributed by atoms with Gasteiger partial charge in [0.05, 0.1) is 0 Å². The SMILES string of the molecule is CNS(=O)(=O)c1cc(C(=O)N2CCCC(N)C2)ccc1F.O=C(O)C(F)(F)F. The number of rotatable bonds is 3. The normalized spacial score (nSPS) is 17.5. The van der Waals surface area contributed by atoms with Crippen LogP contribution >= 0.6 is 0 Å². The molecule has 1 aromatic rings. The van der Waals surface area contributed by atoms with Crippen LogP contribution in [-0.4, -0.2) is 62.7 Å². The van der Waals surface area contributed by atoms with Crippen molar-refractivity contribution in [2.45, 2.75) is 30.0 Å². The number of amides is 1. The van der Waals surface area contributed by atoms with Gasteiger partial charge in [-0.3, -0.25) is 4.79 Å². The fourth-order valence-electron chi connectivity index (χ4n) is 2.33. The van der Waals surface area contributed by atoms with Gasteiger partial charge in [0.1, 0.15) is 10.7 Å². The zero-order valence-corrected chi connectivity index (χ0v) is 15.5. The Kier molecular flexibility index (Phi) is 7.90. The van der Waals surface area contributed by atoms with Crippen molar-refractivity contribution >= 4 is 21.9 Å². The van der Waals surface area contributed by atoms with Crippen molar-refractivity contribution in [3.8, 4) is 0 Å². The van der Waals surface area contributed by atoms with Crippen molar-refractivity contribution in [2.24, 2.45) is 5.73 Å². The molecule has 0 aromatic heterocycles. The molecule has 0 bridgehead atoms. The van der Waals surface area contributed by atoms with Crippen LogP contribution in [0.2, 0.25) is 0 Å². The molecule has 8 nitrogen and oxygen atoms in total. The summed E-state index contributed by atoms with van der Waals surface area (Å²) < 4.78 is 70.9. The summed E-state index contributed by atoms with van der Waals surface area (Å²) in [7, 11) is -2.76. The summed E-state index contributed by atoms with van der Waals surface area (Å²) in [6.07, 6.45) is -3.43. The van der Waals surface area contributed by atoms with E-state index in [0.29, 0.717) is 13.1 Å². The second-order valence-corrected chi connectivity index (χ2v) is 7.66. The van der Waals surface area contributed by atoms with E-state index in [-0.39, 0.29) is 17.5 Å². The molecule has 1 heterocycles. The predicted octanol–water partition coefficient (Wildman–Crippen LogP) is 0.930. The molecule has 28 heavy (non-hydrogen) atoms. The van der Waals surface area contributed by atoms with Crippen molar-refractivity contribution in [3.05, 3.63) is 29.6 Å². The Labute approximate surface area is 158 Å². The highest BCUT2D eigenvalue weighted by atomic mass is 32.2. The lowest BCUT2D eigenvalue weighted by Crippen LogP contribution is -2.45. The maximum atomic E-state index is 13.7. The number of carboxylic acid groups (broad SMARTS) is 1. The highest BCUT2D eigenvalue weighted by Gasteiger charge is 2.38. The molecule has 0 spiro atoms. The summed E-state index contributed by atoms with van der Waals surface area (Å²) in [5.74, 6) is -3.98. The summed E-state index contributed by atoms with van der Waals surface area (Å²) >= 11 is 0. The van der Waals surface area contributed by atoms with Crippen molar-refractivity contribution in [1.82, 2.24) is 9.62 Å². The first kappa shape index (κ1) is 23.8. The average Bonchev–Trinajstić information content (AvgIpc) is 2.61. The van der Waals surface area contributed by atoms with E-state index in [2.05, 4.69) is 0 Å². The minimum atomic E-state index is -5.08. The number of benzene rings is 1. The Morgan fingerprint density at radius 3 is 2.36 bits per heavy atom. The van der Waals surface area contributed by atoms with Crippen LogP contribution in [-0.2, 0) is 14.8 Å². The van der Waals surface area contributed by atoms with Gasteiger partial charge in [-0.05, 0) is 38.1 Å². The Morgan fingerprint density at radius 2 is 1.89 bits per heavy atom. The van der Waals surface area contributed by atoms with E-state index in [1.54, 1.807) is 4.90 Å². The third-order valence-corrected chi connectivity index (χ3v) is 5.15. The number of nitrogens with two attached hydrogens (primary N) is 1. The Bertz CT molecular complexity index is 829. The number of nitrogens with one attached hydrogen (secondary N) is 1. The molecule has 0 radical (unpaired) electrons. The number of hydrogen-bond acceptors (Lipinski definition) is 5. The summed E-state index contributed by atoms with van der Waals surface area (Å²) in [4.78, 5) is 22.3. The molecule has 1 aromatic carbocycles. The number of piperidine rings is 1. The summed E-state index contributed by atoms with van der Waals surface area (Å²) in [5.41, 5.74) is 5.96. The van der Waals surface area contributed by atoms with Gasteiger partial charge in [-0.25, -0.2) is 22.3 Å². The molecule has 13 heteroatoms. The molecule has 0 saturated carbocycles. The number of carbonyl (C=O) groups is 2. The zero-order valence-electron chi connectivity index (χ0n) is 14.7. The number of carboxylic acids is 1. The molecule has 158 valence electrons. The molecule has 1 aliphatic heterocycles. The van der Waals surface area contributed by atoms with Crippen LogP contribution in [0.15, 0.2) is 23.1 Å². The molecule has 1 saturated heterocycles. The monoisotopic (exact) mass is 429 g/mol. The van der Waals surface area contributed by atoms with Crippen LogP contribution in [0.3, 0.4) is 0 Å². The van der Waals surface area contributed by atoms with E-state index in [4.69, 9.17) is 15.6 Å². The smallest absolute Gasteiger partial charge is 0.475 e. The standard InChI is InChI=1S/C13H18FN3O3S.C2HF3O2/c1-16-21(19,20)12-7-9(4-5-11(12)14)13(18)17-6-2-3-10(15)8-17;3-2(4,5)1(6)7/h4-5,7,10,16H,2-3,6,8,15H2,1H3;(H,6,7). The molecule has 1 amide bonds. The first-order chi connectivity index (χ1) is 12.8. The largest absolute Gasteiger partial charge is 0.490 e. The van der Waals surface area contributed by atoms with Crippen LogP contribution in [0.5, 0.6) is 0 Å². The van der Waals surface area contributed by atoms with Crippen LogP contribution in [0.25, 0.3) is 0 Å². The number of halogens is 4. The Hall–Kier alpha value is -2.25. The summed E-state index contributed by atoms with van der Waals surface area (Å²) in [5, 5.41) is 7.12. The van der Waals surface area contributed by atoms with Crippen LogP contribution in [0.1, 0.15) is 23.2 Å². The predicted molar refractivity (Wildman–Crippen MR) is 89.4 cm³/mol. The number of likely N-dealkylation sites (tertiary alicyclic amines) is 1. The maximum Gasteiger partial charge on any atom is 0.490 e. The molecule has 1 unspecified atom stereocenters. The summed E-state index contributed by atoms with van der Waals surface area (Å²) in [6, 6.07) is 3.25. The number of alkyl halides is 3. The minimum Gasteiger partial charge on any atom is -0.475 e. The highest BCUT2D eigenvalue weighted by molar-refractivity contribution is 7.89. The van der Waals surface area contributed by atoms with E-state index < -0.39 is 32.9 Å². The minimum absolute atomic E-state index is 0.0799. The number of hydrogen-bond donors (Lipinski definition) is 3. The van der Waals surface area contributed by atoms with Crippen molar-refractivity contribution < 1.29 is 40.7 Å². The second kappa shape index (κ2) is 9.30. The number of aliphatic carboxylic acids is 1. The van der Waals surface area contributed by atoms with Crippen molar-refractivity contribution in [2.75, 3.05) is 20.1 Å². The third kappa shape index (κ3) is 6.42. The fourth-order valence-corrected chi connectivity index (χ4v) is 3.16. The maximum absolute atomic E-state index is 13.7. The van der Waals surface area contributed by atoms with E-state index in [1.807, 2.05) is 4.72 Å². The lowest BCUT2D eigenvalue weighted by atomic mass is 10.1. The molecule has 1 fully saturated rings. The quantitative estimate of drug-likeness (QED) is 0.613. The second-order valence-electron chi connectivity index (χ2n) is 5.81. The highest BCUT2D eigenvalue weighted by Crippen LogP contribution is 2.19. The van der Waals surface area contributed by atoms with Gasteiger partial charge in [0, 0.05) is 24.7 Å². The van der Waals surface area contributed by atoms with Crippen LogP contribution in [0, 0.1) is 5.82 Å². The Morgan fingerprint density at radius 1 is 1.32 bits per heavy atom. The third-order valence-electron chi connectivity index (χ3n) is 3.72. The fraction of sp³-hybridized carbons (Fsp3) is 0.467. The lowest BCUT2D eigenvalue weighted by Gasteiger charge is -2.30. The Balaban J connectivity index is 0.000000480. The van der Waals surface area contributed by atoms with Gasteiger partial charge in [0.25, 0.3) is 5.91 Å². The molecular weight excluding hydrogens is 410 g/mol. The van der Waals surface area contributed by atoms with E-state index >= 15 is 0 Å². The van der Waals surface area contributed by atoms with E-state index in [0.717, 1.165) is 25.0 Å². The molecule has 0 aliphatic carbocycles. The first-order valence-electron chi connectivity index (χ1n) is 7.87. The van der Waals surface area contributed by atoms with E-state index in [1.165, 1.54) is 13.1 Å². The number of carbonyl (C=O) groups excluding carboxylic acids is 1. The molecule has 1 atom stereocenters. The number of nitrogens with zero attached hydrogens (tertiary/aromatic N) is 1. The van der Waals surface area contributed by atoms with E-state index in [9.17, 15) is 30.8 Å². The number of sulfonamides is 1. The van der Waals surface area contributed by atoms with Gasteiger partial charge >= 0.3 is 12.1 Å².